The lowest BCUT2D eigenvalue weighted by atomic mass is 10.0. The van der Waals surface area contributed by atoms with Gasteiger partial charge in [0.1, 0.15) is 18.2 Å². The molecule has 5 heteroatoms. The van der Waals surface area contributed by atoms with E-state index in [0.717, 1.165) is 29.0 Å². The fourth-order valence-electron chi connectivity index (χ4n) is 2.20. The highest BCUT2D eigenvalue weighted by Crippen LogP contribution is 2.27. The first-order chi connectivity index (χ1) is 9.70. The van der Waals surface area contributed by atoms with Crippen LogP contribution in [0.3, 0.4) is 0 Å². The lowest BCUT2D eigenvalue weighted by Gasteiger charge is -2.17. The molecule has 1 aromatic carbocycles. The number of nitrogens with zero attached hydrogens (tertiary/aromatic N) is 1. The Morgan fingerprint density at radius 1 is 1.25 bits per heavy atom. The predicted molar refractivity (Wildman–Crippen MR) is 76.4 cm³/mol. The van der Waals surface area contributed by atoms with Crippen molar-refractivity contribution in [2.24, 2.45) is 0 Å². The zero-order valence-corrected chi connectivity index (χ0v) is 10.9. The molecule has 2 heterocycles. The lowest BCUT2D eigenvalue weighted by Crippen LogP contribution is -2.18. The molecule has 20 heavy (non-hydrogen) atoms. The average molecular weight is 269 g/mol. The van der Waals surface area contributed by atoms with Gasteiger partial charge in [-0.25, -0.2) is 4.98 Å². The van der Waals surface area contributed by atoms with E-state index < -0.39 is 0 Å². The van der Waals surface area contributed by atoms with Gasteiger partial charge in [0, 0.05) is 18.3 Å². The van der Waals surface area contributed by atoms with Gasteiger partial charge in [0.2, 0.25) is 5.91 Å². The third-order valence-corrected chi connectivity index (χ3v) is 3.22. The van der Waals surface area contributed by atoms with Crippen LogP contribution in [-0.2, 0) is 17.8 Å². The van der Waals surface area contributed by atoms with Gasteiger partial charge in [-0.3, -0.25) is 4.79 Å². The normalized spacial score (nSPS) is 13.5. The van der Waals surface area contributed by atoms with Crippen LogP contribution in [0.15, 0.2) is 36.5 Å². The van der Waals surface area contributed by atoms with Crippen LogP contribution in [0, 0.1) is 0 Å². The van der Waals surface area contributed by atoms with Gasteiger partial charge in [0.15, 0.2) is 0 Å². The molecule has 3 N–H and O–H groups in total. The van der Waals surface area contributed by atoms with Crippen molar-refractivity contribution in [1.82, 2.24) is 4.98 Å². The summed E-state index contributed by atoms with van der Waals surface area (Å²) < 4.78 is 5.74. The number of aryl methyl sites for hydroxylation is 1. The number of benzene rings is 1. The summed E-state index contributed by atoms with van der Waals surface area (Å²) in [7, 11) is 0. The van der Waals surface area contributed by atoms with Crippen molar-refractivity contribution in [3.8, 4) is 5.75 Å². The first-order valence-electron chi connectivity index (χ1n) is 6.47. The molecule has 1 aliphatic rings. The summed E-state index contributed by atoms with van der Waals surface area (Å²) in [6, 6.07) is 9.37. The highest BCUT2D eigenvalue weighted by Gasteiger charge is 2.14. The number of fused-ring (bicyclic) bond motifs is 1. The number of carbonyl (C=O) groups excluding carboxylic acids is 1. The third-order valence-electron chi connectivity index (χ3n) is 3.22. The number of rotatable bonds is 3. The Hall–Kier alpha value is -2.56. The Labute approximate surface area is 116 Å². The molecule has 0 atom stereocenters. The Balaban J connectivity index is 1.71. The van der Waals surface area contributed by atoms with Crippen molar-refractivity contribution >= 4 is 17.4 Å². The van der Waals surface area contributed by atoms with Crippen LogP contribution in [0.1, 0.15) is 17.5 Å². The standard InChI is InChI=1S/C15H15N3O2/c16-14-7-10(5-6-17-14)9-20-12-2-3-13-11(8-12)1-4-15(19)18-13/h2-3,5-8H,1,4,9H2,(H2,16,17)(H,18,19). The molecular formula is C15H15N3O2. The number of amides is 1. The van der Waals surface area contributed by atoms with Gasteiger partial charge in [0.25, 0.3) is 0 Å². The van der Waals surface area contributed by atoms with Gasteiger partial charge < -0.3 is 15.8 Å². The number of ether oxygens (including phenoxy) is 1. The van der Waals surface area contributed by atoms with Crippen molar-refractivity contribution in [2.45, 2.75) is 19.4 Å². The summed E-state index contributed by atoms with van der Waals surface area (Å²) in [6.07, 6.45) is 2.94. The fourth-order valence-corrected chi connectivity index (χ4v) is 2.20. The summed E-state index contributed by atoms with van der Waals surface area (Å²) in [5.74, 6) is 1.34. The van der Waals surface area contributed by atoms with Crippen LogP contribution in [0.4, 0.5) is 11.5 Å². The lowest BCUT2D eigenvalue weighted by molar-refractivity contribution is -0.116. The molecule has 1 amide bonds. The summed E-state index contributed by atoms with van der Waals surface area (Å²) >= 11 is 0. The van der Waals surface area contributed by atoms with Crippen LogP contribution >= 0.6 is 0 Å². The van der Waals surface area contributed by atoms with Crippen molar-refractivity contribution in [3.63, 3.8) is 0 Å². The van der Waals surface area contributed by atoms with E-state index in [4.69, 9.17) is 10.5 Å². The number of nitrogen functional groups attached to an aromatic ring is 1. The quantitative estimate of drug-likeness (QED) is 0.894. The maximum absolute atomic E-state index is 11.3. The minimum Gasteiger partial charge on any atom is -0.489 e. The van der Waals surface area contributed by atoms with E-state index in [9.17, 15) is 4.79 Å². The van der Waals surface area contributed by atoms with Gasteiger partial charge in [-0.15, -0.1) is 0 Å². The average Bonchev–Trinajstić information content (AvgIpc) is 2.45. The van der Waals surface area contributed by atoms with Gasteiger partial charge in [0.05, 0.1) is 0 Å². The van der Waals surface area contributed by atoms with E-state index in [0.29, 0.717) is 18.8 Å². The molecule has 0 aliphatic carbocycles. The van der Waals surface area contributed by atoms with Crippen molar-refractivity contribution < 1.29 is 9.53 Å². The van der Waals surface area contributed by atoms with E-state index in [1.54, 1.807) is 12.3 Å². The first-order valence-corrected chi connectivity index (χ1v) is 6.47. The van der Waals surface area contributed by atoms with Crippen LogP contribution < -0.4 is 15.8 Å². The van der Waals surface area contributed by atoms with E-state index >= 15 is 0 Å². The molecule has 0 spiro atoms. The van der Waals surface area contributed by atoms with E-state index in [-0.39, 0.29) is 5.91 Å². The van der Waals surface area contributed by atoms with Crippen molar-refractivity contribution in [3.05, 3.63) is 47.7 Å². The van der Waals surface area contributed by atoms with E-state index in [1.165, 1.54) is 0 Å². The molecule has 1 aromatic heterocycles. The molecule has 5 nitrogen and oxygen atoms in total. The summed E-state index contributed by atoms with van der Waals surface area (Å²) in [4.78, 5) is 15.2. The van der Waals surface area contributed by atoms with Crippen LogP contribution in [0.2, 0.25) is 0 Å². The molecule has 0 saturated carbocycles. The van der Waals surface area contributed by atoms with Gasteiger partial charge in [-0.05, 0) is 47.9 Å². The second kappa shape index (κ2) is 5.21. The van der Waals surface area contributed by atoms with Crippen molar-refractivity contribution in [2.75, 3.05) is 11.1 Å². The fraction of sp³-hybridized carbons (Fsp3) is 0.200. The highest BCUT2D eigenvalue weighted by molar-refractivity contribution is 5.93. The Morgan fingerprint density at radius 2 is 2.15 bits per heavy atom. The molecule has 0 saturated heterocycles. The number of aromatic nitrogens is 1. The number of hydrogen-bond acceptors (Lipinski definition) is 4. The number of hydrogen-bond donors (Lipinski definition) is 2. The first kappa shape index (κ1) is 12.5. The smallest absolute Gasteiger partial charge is 0.224 e. The zero-order valence-electron chi connectivity index (χ0n) is 10.9. The van der Waals surface area contributed by atoms with Crippen molar-refractivity contribution in [1.29, 1.82) is 0 Å². The third kappa shape index (κ3) is 2.71. The molecule has 1 aliphatic heterocycles. The van der Waals surface area contributed by atoms with E-state index in [1.807, 2.05) is 24.3 Å². The number of nitrogens with one attached hydrogen (secondary N) is 1. The van der Waals surface area contributed by atoms with E-state index in [2.05, 4.69) is 10.3 Å². The number of pyridine rings is 1. The Morgan fingerprint density at radius 3 is 3.00 bits per heavy atom. The Bertz CT molecular complexity index is 655. The largest absolute Gasteiger partial charge is 0.489 e. The zero-order chi connectivity index (χ0) is 13.9. The topological polar surface area (TPSA) is 77.2 Å². The maximum Gasteiger partial charge on any atom is 0.224 e. The predicted octanol–water partition coefficient (Wildman–Crippen LogP) is 2.13. The molecule has 102 valence electrons. The molecular weight excluding hydrogens is 254 g/mol. The molecule has 0 fully saturated rings. The molecule has 2 aromatic rings. The summed E-state index contributed by atoms with van der Waals surface area (Å²) in [5, 5.41) is 2.85. The molecule has 0 bridgehead atoms. The maximum atomic E-state index is 11.3. The number of nitrogens with two attached hydrogens (primary N) is 1. The number of carbonyl (C=O) groups is 1. The summed E-state index contributed by atoms with van der Waals surface area (Å²) in [5.41, 5.74) is 8.58. The van der Waals surface area contributed by atoms with Crippen LogP contribution in [-0.4, -0.2) is 10.9 Å². The Kier molecular flexibility index (Phi) is 3.25. The minimum absolute atomic E-state index is 0.0680. The van der Waals surface area contributed by atoms with Gasteiger partial charge in [-0.1, -0.05) is 0 Å². The van der Waals surface area contributed by atoms with Gasteiger partial charge in [-0.2, -0.15) is 0 Å². The van der Waals surface area contributed by atoms with Gasteiger partial charge >= 0.3 is 0 Å². The second-order valence-electron chi connectivity index (χ2n) is 4.74. The molecule has 3 rings (SSSR count). The molecule has 0 unspecified atom stereocenters. The summed E-state index contributed by atoms with van der Waals surface area (Å²) in [6.45, 7) is 0.442. The number of anilines is 2. The minimum atomic E-state index is 0.0680. The SMILES string of the molecule is Nc1cc(COc2ccc3c(c2)CCC(=O)N3)ccn1. The van der Waals surface area contributed by atoms with Crippen LogP contribution in [0.5, 0.6) is 5.75 Å². The van der Waals surface area contributed by atoms with Crippen LogP contribution in [0.25, 0.3) is 0 Å². The molecule has 0 radical (unpaired) electrons. The highest BCUT2D eigenvalue weighted by atomic mass is 16.5. The second-order valence-corrected chi connectivity index (χ2v) is 4.74. The monoisotopic (exact) mass is 269 g/mol.